The Kier molecular flexibility index (Phi) is 8.52. The van der Waals surface area contributed by atoms with Crippen LogP contribution in [0.3, 0.4) is 0 Å². The van der Waals surface area contributed by atoms with Gasteiger partial charge in [-0.25, -0.2) is 0 Å². The number of H-pyrrole nitrogens is 1. The minimum absolute atomic E-state index is 0.108. The van der Waals surface area contributed by atoms with Crippen molar-refractivity contribution >= 4 is 39.0 Å². The molecule has 0 radical (unpaired) electrons. The molecule has 4 fully saturated rings. The van der Waals surface area contributed by atoms with Crippen LogP contribution in [0.2, 0.25) is 0 Å². The van der Waals surface area contributed by atoms with Crippen molar-refractivity contribution in [2.75, 3.05) is 45.8 Å². The summed E-state index contributed by atoms with van der Waals surface area (Å²) in [5, 5.41) is 0.942. The van der Waals surface area contributed by atoms with E-state index in [2.05, 4.69) is 73.7 Å². The zero-order valence-corrected chi connectivity index (χ0v) is 29.1. The number of Topliss-reactive ketones (excluding diaryl/α,β-unsaturated/α-hetero) is 2. The molecule has 4 heterocycles. The van der Waals surface area contributed by atoms with E-state index in [0.29, 0.717) is 30.7 Å². The standard InChI is InChI=1S/C38H50N4O3S/c1-23-16-24(2)18-28(17-23)35-34(30(43)21-40-14-15-42(25(3)20-40)22-32(44)41-12-6-7-13-41)29-19-31(46-37(29)39-35)38(4,5)36(45)33-26-8-9-27(33)11-10-26/h16-19,25-27,33,39H,6-15,20-22H2,1-5H3. The number of aromatic nitrogens is 1. The van der Waals surface area contributed by atoms with Gasteiger partial charge < -0.3 is 9.88 Å². The molecular weight excluding hydrogens is 593 g/mol. The van der Waals surface area contributed by atoms with E-state index < -0.39 is 5.41 Å². The smallest absolute Gasteiger partial charge is 0.236 e. The minimum atomic E-state index is -0.584. The van der Waals surface area contributed by atoms with Crippen molar-refractivity contribution in [3.8, 4) is 11.3 Å². The molecule has 0 spiro atoms. The van der Waals surface area contributed by atoms with E-state index in [1.807, 2.05) is 4.90 Å². The summed E-state index contributed by atoms with van der Waals surface area (Å²) in [4.78, 5) is 53.5. The van der Waals surface area contributed by atoms with Crippen molar-refractivity contribution in [1.82, 2.24) is 19.7 Å². The lowest BCUT2D eigenvalue weighted by Gasteiger charge is -2.39. The van der Waals surface area contributed by atoms with Crippen LogP contribution in [0.4, 0.5) is 0 Å². The molecule has 1 aromatic carbocycles. The summed E-state index contributed by atoms with van der Waals surface area (Å²) in [7, 11) is 0. The lowest BCUT2D eigenvalue weighted by Crippen LogP contribution is -2.55. The van der Waals surface area contributed by atoms with E-state index in [1.54, 1.807) is 11.3 Å². The lowest BCUT2D eigenvalue weighted by atomic mass is 9.76. The van der Waals surface area contributed by atoms with Gasteiger partial charge >= 0.3 is 0 Å². The zero-order chi connectivity index (χ0) is 32.3. The largest absolute Gasteiger partial charge is 0.346 e. The van der Waals surface area contributed by atoms with E-state index in [1.165, 1.54) is 36.8 Å². The normalized spacial score (nSPS) is 25.6. The number of likely N-dealkylation sites (tertiary alicyclic amines) is 1. The molecule has 2 aliphatic carbocycles. The molecule has 3 aromatic rings. The van der Waals surface area contributed by atoms with Crippen molar-refractivity contribution < 1.29 is 14.4 Å². The van der Waals surface area contributed by atoms with Gasteiger partial charge in [-0.05, 0) is 109 Å². The lowest BCUT2D eigenvalue weighted by molar-refractivity contribution is -0.132. The molecule has 7 rings (SSSR count). The number of fused-ring (bicyclic) bond motifs is 3. The number of rotatable bonds is 9. The van der Waals surface area contributed by atoms with Crippen LogP contribution in [0.1, 0.15) is 85.7 Å². The molecule has 246 valence electrons. The van der Waals surface area contributed by atoms with Gasteiger partial charge in [0.2, 0.25) is 5.91 Å². The van der Waals surface area contributed by atoms with Crippen molar-refractivity contribution in [1.29, 1.82) is 0 Å². The van der Waals surface area contributed by atoms with Gasteiger partial charge in [0, 0.05) is 54.9 Å². The number of hydrogen-bond acceptors (Lipinski definition) is 6. The Bertz CT molecular complexity index is 1620. The number of carbonyl (C=O) groups excluding carboxylic acids is 3. The van der Waals surface area contributed by atoms with E-state index in [0.717, 1.165) is 77.5 Å². The molecule has 2 aliphatic heterocycles. The molecule has 2 saturated carbocycles. The third-order valence-electron chi connectivity index (χ3n) is 11.7. The number of carbonyl (C=O) groups is 3. The second-order valence-corrected chi connectivity index (χ2v) is 16.4. The number of amides is 1. The number of nitrogens with zero attached hydrogens (tertiary/aromatic N) is 3. The fourth-order valence-corrected chi connectivity index (χ4v) is 10.3. The monoisotopic (exact) mass is 642 g/mol. The second kappa shape index (κ2) is 12.3. The quantitative estimate of drug-likeness (QED) is 0.266. The third-order valence-corrected chi connectivity index (χ3v) is 13.0. The zero-order valence-electron chi connectivity index (χ0n) is 28.3. The number of ketones is 2. The molecule has 1 unspecified atom stereocenters. The molecule has 7 nitrogen and oxygen atoms in total. The van der Waals surface area contributed by atoms with Crippen LogP contribution < -0.4 is 0 Å². The molecule has 1 atom stereocenters. The maximum atomic E-state index is 14.4. The van der Waals surface area contributed by atoms with Gasteiger partial charge in [-0.3, -0.25) is 24.2 Å². The summed E-state index contributed by atoms with van der Waals surface area (Å²) in [5.74, 6) is 2.02. The van der Waals surface area contributed by atoms with Crippen LogP contribution in [-0.4, -0.2) is 89.0 Å². The first-order valence-electron chi connectivity index (χ1n) is 17.6. The maximum Gasteiger partial charge on any atom is 0.236 e. The van der Waals surface area contributed by atoms with E-state index >= 15 is 0 Å². The van der Waals surface area contributed by atoms with Crippen LogP contribution in [0.25, 0.3) is 21.5 Å². The van der Waals surface area contributed by atoms with Gasteiger partial charge in [-0.2, -0.15) is 0 Å². The number of aromatic amines is 1. The summed E-state index contributed by atoms with van der Waals surface area (Å²) in [6, 6.07) is 8.82. The Hall–Kier alpha value is -2.81. The van der Waals surface area contributed by atoms with Crippen LogP contribution in [-0.2, 0) is 15.0 Å². The molecule has 8 heteroatoms. The SMILES string of the molecule is Cc1cc(C)cc(-c2[nH]c3sc(C(C)(C)C(=O)C4C5CCC4CC5)cc3c2C(=O)CN2CCN(CC(=O)N3CCCC3)C(C)C2)c1. The molecule has 2 saturated heterocycles. The van der Waals surface area contributed by atoms with E-state index in [9.17, 15) is 14.4 Å². The first kappa shape index (κ1) is 31.8. The number of thiophene rings is 1. The first-order chi connectivity index (χ1) is 22.0. The van der Waals surface area contributed by atoms with Crippen LogP contribution in [0.5, 0.6) is 0 Å². The highest BCUT2D eigenvalue weighted by atomic mass is 32.1. The average Bonchev–Trinajstić information content (AvgIpc) is 3.84. The predicted molar refractivity (Wildman–Crippen MR) is 186 cm³/mol. The Labute approximate surface area is 277 Å². The minimum Gasteiger partial charge on any atom is -0.346 e. The van der Waals surface area contributed by atoms with Gasteiger partial charge in [-0.15, -0.1) is 11.3 Å². The van der Waals surface area contributed by atoms with E-state index in [4.69, 9.17) is 0 Å². The Morgan fingerprint density at radius 1 is 0.891 bits per heavy atom. The molecule has 2 bridgehead atoms. The van der Waals surface area contributed by atoms with Crippen molar-refractivity contribution in [2.24, 2.45) is 17.8 Å². The fraction of sp³-hybridized carbons (Fsp3) is 0.605. The Morgan fingerprint density at radius 3 is 2.17 bits per heavy atom. The fourth-order valence-electron chi connectivity index (χ4n) is 9.10. The number of benzene rings is 1. The van der Waals surface area contributed by atoms with Gasteiger partial charge in [-0.1, -0.05) is 17.2 Å². The van der Waals surface area contributed by atoms with Gasteiger partial charge in [0.25, 0.3) is 0 Å². The molecule has 2 aromatic heterocycles. The first-order valence-corrected chi connectivity index (χ1v) is 18.4. The van der Waals surface area contributed by atoms with Crippen molar-refractivity contribution in [2.45, 2.75) is 84.6 Å². The third kappa shape index (κ3) is 5.79. The highest BCUT2D eigenvalue weighted by Crippen LogP contribution is 2.52. The predicted octanol–water partition coefficient (Wildman–Crippen LogP) is 6.61. The second-order valence-electron chi connectivity index (χ2n) is 15.4. The number of aryl methyl sites for hydroxylation is 2. The topological polar surface area (TPSA) is 76.7 Å². The van der Waals surface area contributed by atoms with Crippen LogP contribution in [0.15, 0.2) is 24.3 Å². The highest BCUT2D eigenvalue weighted by Gasteiger charge is 2.50. The summed E-state index contributed by atoms with van der Waals surface area (Å²) >= 11 is 1.65. The summed E-state index contributed by atoms with van der Waals surface area (Å²) in [6.07, 6.45) is 7.00. The maximum absolute atomic E-state index is 14.4. The Balaban J connectivity index is 1.15. The molecule has 46 heavy (non-hydrogen) atoms. The Morgan fingerprint density at radius 2 is 1.54 bits per heavy atom. The number of nitrogens with one attached hydrogen (secondary N) is 1. The molecular formula is C38H50N4O3S. The van der Waals surface area contributed by atoms with Gasteiger partial charge in [0.05, 0.1) is 29.8 Å². The van der Waals surface area contributed by atoms with Crippen molar-refractivity contribution in [3.05, 3.63) is 45.8 Å². The van der Waals surface area contributed by atoms with Crippen LogP contribution >= 0.6 is 11.3 Å². The molecule has 4 aliphatic rings. The van der Waals surface area contributed by atoms with Gasteiger partial charge in [0.15, 0.2) is 5.78 Å². The summed E-state index contributed by atoms with van der Waals surface area (Å²) in [5.41, 5.74) is 4.40. The average molecular weight is 643 g/mol. The number of piperazine rings is 1. The summed E-state index contributed by atoms with van der Waals surface area (Å²) in [6.45, 7) is 15.4. The summed E-state index contributed by atoms with van der Waals surface area (Å²) < 4.78 is 0. The van der Waals surface area contributed by atoms with Gasteiger partial charge in [0.1, 0.15) is 10.6 Å². The van der Waals surface area contributed by atoms with E-state index in [-0.39, 0.29) is 23.7 Å². The molecule has 1 amide bonds. The highest BCUT2D eigenvalue weighted by molar-refractivity contribution is 7.19. The molecule has 1 N–H and O–H groups in total. The van der Waals surface area contributed by atoms with Crippen molar-refractivity contribution in [3.63, 3.8) is 0 Å². The van der Waals surface area contributed by atoms with Crippen LogP contribution in [0, 0.1) is 31.6 Å². The number of hydrogen-bond donors (Lipinski definition) is 1.